The Balaban J connectivity index is 1.65. The van der Waals surface area contributed by atoms with E-state index in [9.17, 15) is 37.8 Å². The molecule has 214 valence electrons. The van der Waals surface area contributed by atoms with Gasteiger partial charge in [-0.05, 0) is 32.5 Å². The van der Waals surface area contributed by atoms with Crippen LogP contribution in [0.25, 0.3) is 0 Å². The number of carbonyl (C=O) groups is 4. The third-order valence-electron chi connectivity index (χ3n) is 8.01. The van der Waals surface area contributed by atoms with Gasteiger partial charge in [-0.2, -0.15) is 17.0 Å². The van der Waals surface area contributed by atoms with E-state index in [0.29, 0.717) is 12.8 Å². The molecular weight excluding hydrogens is 527 g/mol. The van der Waals surface area contributed by atoms with Crippen molar-refractivity contribution in [2.24, 2.45) is 22.8 Å². The number of hydrogen-bond donors (Lipinski definition) is 5. The van der Waals surface area contributed by atoms with Crippen LogP contribution in [0.2, 0.25) is 6.32 Å². The molecule has 1 aliphatic carbocycles. The minimum Gasteiger partial charge on any atom is -0.509 e. The van der Waals surface area contributed by atoms with Gasteiger partial charge in [0.15, 0.2) is 5.41 Å². The smallest absolute Gasteiger partial charge is 0.509 e. The van der Waals surface area contributed by atoms with Gasteiger partial charge >= 0.3 is 31.0 Å². The summed E-state index contributed by atoms with van der Waals surface area (Å²) in [7, 11) is -5.24. The molecule has 2 saturated heterocycles. The van der Waals surface area contributed by atoms with Gasteiger partial charge in [-0.25, -0.2) is 0 Å². The number of likely N-dealkylation sites (N-methyl/N-ethyl adjacent to an activating group) is 1. The molecule has 38 heavy (non-hydrogen) atoms. The average Bonchev–Trinajstić information content (AvgIpc) is 3.47. The molecule has 3 fully saturated rings. The fraction of sp³-hybridized carbons (Fsp3) is 0.810. The molecule has 0 amide bonds. The fourth-order valence-electron chi connectivity index (χ4n) is 5.13. The van der Waals surface area contributed by atoms with Crippen molar-refractivity contribution in [2.45, 2.75) is 69.4 Å². The molecule has 1 saturated carbocycles. The summed E-state index contributed by atoms with van der Waals surface area (Å²) in [6.07, 6.45) is 0.775. The zero-order valence-electron chi connectivity index (χ0n) is 21.4. The quantitative estimate of drug-likeness (QED) is 0.127. The minimum atomic E-state index is -4.07. The van der Waals surface area contributed by atoms with E-state index in [2.05, 4.69) is 0 Å². The Labute approximate surface area is 220 Å². The van der Waals surface area contributed by atoms with E-state index >= 15 is 0 Å². The van der Waals surface area contributed by atoms with Crippen molar-refractivity contribution in [3.05, 3.63) is 0 Å². The molecule has 4 atom stereocenters. The number of nitrogens with zero attached hydrogens (tertiary/aromatic N) is 2. The Morgan fingerprint density at radius 3 is 2.32 bits per heavy atom. The molecule has 0 aromatic carbocycles. The summed E-state index contributed by atoms with van der Waals surface area (Å²) in [5.74, 6) is -6.55. The second-order valence-corrected chi connectivity index (χ2v) is 12.4. The lowest BCUT2D eigenvalue weighted by atomic mass is 9.74. The highest BCUT2D eigenvalue weighted by Crippen LogP contribution is 2.40. The van der Waals surface area contributed by atoms with E-state index in [4.69, 9.17) is 25.9 Å². The molecule has 3 rings (SSSR count). The summed E-state index contributed by atoms with van der Waals surface area (Å²) in [6.45, 7) is 2.30. The van der Waals surface area contributed by atoms with E-state index in [0.717, 1.165) is 4.31 Å². The van der Waals surface area contributed by atoms with E-state index in [1.807, 2.05) is 0 Å². The number of hydrogen-bond acceptors (Lipinski definition) is 10. The number of carboxylic acid groups (broad SMARTS) is 3. The largest absolute Gasteiger partial charge is 0.527 e. The Kier molecular flexibility index (Phi) is 8.51. The van der Waals surface area contributed by atoms with Crippen LogP contribution in [0.3, 0.4) is 0 Å². The fourth-order valence-corrected chi connectivity index (χ4v) is 7.11. The molecule has 2 heterocycles. The van der Waals surface area contributed by atoms with Crippen LogP contribution in [-0.2, 0) is 38.7 Å². The average molecular weight is 562 g/mol. The lowest BCUT2D eigenvalue weighted by Crippen LogP contribution is -2.57. The Morgan fingerprint density at radius 2 is 1.84 bits per heavy atom. The highest BCUT2D eigenvalue weighted by molar-refractivity contribution is 7.86. The van der Waals surface area contributed by atoms with Crippen molar-refractivity contribution in [1.82, 2.24) is 8.61 Å². The van der Waals surface area contributed by atoms with Gasteiger partial charge in [-0.3, -0.25) is 19.2 Å². The first kappa shape index (κ1) is 30.2. The van der Waals surface area contributed by atoms with Gasteiger partial charge in [-0.15, -0.1) is 0 Å². The molecule has 17 heteroatoms. The van der Waals surface area contributed by atoms with Crippen molar-refractivity contribution >= 4 is 41.2 Å². The molecule has 7 N–H and O–H groups in total. The molecule has 0 aromatic rings. The van der Waals surface area contributed by atoms with Crippen LogP contribution in [0.15, 0.2) is 0 Å². The zero-order chi connectivity index (χ0) is 28.7. The highest BCUT2D eigenvalue weighted by atomic mass is 32.2. The zero-order valence-corrected chi connectivity index (χ0v) is 22.2. The second-order valence-electron chi connectivity index (χ2n) is 10.5. The Morgan fingerprint density at radius 1 is 1.21 bits per heavy atom. The molecule has 0 bridgehead atoms. The normalized spacial score (nSPS) is 30.2. The standard InChI is InChI=1S/C21H35BN4O11S/c1-3-26(13(2)20(23)6-7-20)38(34,35)25-10-14(21(24,11-25)17(31)32)5-4-8-22-36-12-19(16(29)30,9-15(27)28)18(33)37-22/h13-14H,3-12,23-24H2,1-2H3,(H,27,28)(H,29,30)(H,31,32)/t13?,14-,19?,21-/m0/s1. The van der Waals surface area contributed by atoms with Crippen LogP contribution < -0.4 is 11.5 Å². The minimum absolute atomic E-state index is 0.0429. The van der Waals surface area contributed by atoms with Gasteiger partial charge in [0.2, 0.25) is 0 Å². The van der Waals surface area contributed by atoms with Crippen molar-refractivity contribution in [3.63, 3.8) is 0 Å². The molecule has 15 nitrogen and oxygen atoms in total. The molecular formula is C21H35BN4O11S. The first-order valence-corrected chi connectivity index (χ1v) is 13.8. The summed E-state index contributed by atoms with van der Waals surface area (Å²) < 4.78 is 39.6. The predicted molar refractivity (Wildman–Crippen MR) is 131 cm³/mol. The number of aliphatic carboxylic acids is 3. The molecule has 2 unspecified atom stereocenters. The van der Waals surface area contributed by atoms with Gasteiger partial charge in [0.05, 0.1) is 13.0 Å². The first-order valence-electron chi connectivity index (χ1n) is 12.4. The van der Waals surface area contributed by atoms with Gasteiger partial charge in [-0.1, -0.05) is 13.3 Å². The Bertz CT molecular complexity index is 1090. The van der Waals surface area contributed by atoms with E-state index in [1.165, 1.54) is 4.31 Å². The third kappa shape index (κ3) is 5.53. The highest BCUT2D eigenvalue weighted by Gasteiger charge is 2.57. The van der Waals surface area contributed by atoms with Gasteiger partial charge < -0.3 is 36.1 Å². The topological polar surface area (TPSA) is 240 Å². The number of nitrogens with two attached hydrogens (primary N) is 2. The first-order chi connectivity index (χ1) is 17.5. The van der Waals surface area contributed by atoms with Crippen molar-refractivity contribution in [2.75, 3.05) is 26.2 Å². The second kappa shape index (κ2) is 10.7. The Hall–Kier alpha value is -2.31. The van der Waals surface area contributed by atoms with E-state index < -0.39 is 89.2 Å². The maximum Gasteiger partial charge on any atom is 0.527 e. The lowest BCUT2D eigenvalue weighted by Gasteiger charge is -2.34. The molecule has 0 spiro atoms. The maximum atomic E-state index is 13.5. The summed E-state index contributed by atoms with van der Waals surface area (Å²) in [4.78, 5) is 47.1. The number of carbonyl (C=O) groups excluding carboxylic acids is 1. The molecule has 0 aromatic heterocycles. The van der Waals surface area contributed by atoms with Gasteiger partial charge in [0.1, 0.15) is 5.54 Å². The molecule has 2 aliphatic heterocycles. The lowest BCUT2D eigenvalue weighted by molar-refractivity contribution is -0.176. The van der Waals surface area contributed by atoms with Crippen LogP contribution in [0.4, 0.5) is 0 Å². The third-order valence-corrected chi connectivity index (χ3v) is 10.1. The van der Waals surface area contributed by atoms with E-state index in [-0.39, 0.29) is 32.3 Å². The van der Waals surface area contributed by atoms with E-state index in [1.54, 1.807) is 13.8 Å². The predicted octanol–water partition coefficient (Wildman–Crippen LogP) is -1.47. The number of rotatable bonds is 13. The van der Waals surface area contributed by atoms with Crippen LogP contribution in [-0.4, -0.2) is 107 Å². The maximum absolute atomic E-state index is 13.5. The SMILES string of the molecule is CCN(C(C)C1(N)CC1)S(=O)(=O)N1C[C@H](CCCB2OCC(CC(=O)O)(C(=O)O)C(=O)O2)[C@](N)(C(=O)O)C1. The van der Waals surface area contributed by atoms with Gasteiger partial charge in [0, 0.05) is 37.1 Å². The summed E-state index contributed by atoms with van der Waals surface area (Å²) in [5, 5.41) is 28.2. The van der Waals surface area contributed by atoms with Gasteiger partial charge in [0.25, 0.3) is 10.2 Å². The molecule has 0 radical (unpaired) electrons. The van der Waals surface area contributed by atoms with Crippen molar-refractivity contribution < 1.29 is 52.2 Å². The van der Waals surface area contributed by atoms with Crippen LogP contribution in [0.5, 0.6) is 0 Å². The van der Waals surface area contributed by atoms with Crippen LogP contribution >= 0.6 is 0 Å². The number of carboxylic acids is 3. The van der Waals surface area contributed by atoms with Crippen LogP contribution in [0.1, 0.15) is 46.0 Å². The van der Waals surface area contributed by atoms with Crippen molar-refractivity contribution in [3.8, 4) is 0 Å². The molecule has 3 aliphatic rings. The van der Waals surface area contributed by atoms with Crippen molar-refractivity contribution in [1.29, 1.82) is 0 Å². The monoisotopic (exact) mass is 562 g/mol. The summed E-state index contributed by atoms with van der Waals surface area (Å²) >= 11 is 0. The summed E-state index contributed by atoms with van der Waals surface area (Å²) in [6, 6.07) is -0.481. The van der Waals surface area contributed by atoms with Crippen LogP contribution in [0, 0.1) is 11.3 Å². The summed E-state index contributed by atoms with van der Waals surface area (Å²) in [5.41, 5.74) is 7.63.